The zero-order chi connectivity index (χ0) is 14.8. The highest BCUT2D eigenvalue weighted by Crippen LogP contribution is 2.15. The lowest BCUT2D eigenvalue weighted by Gasteiger charge is -2.07. The van der Waals surface area contributed by atoms with E-state index in [0.29, 0.717) is 4.68 Å². The minimum Gasteiger partial charge on any atom is -0.459 e. The van der Waals surface area contributed by atoms with Crippen LogP contribution in [-0.4, -0.2) is 28.4 Å². The van der Waals surface area contributed by atoms with Crippen molar-refractivity contribution in [2.24, 2.45) is 0 Å². The molecule has 0 fully saturated rings. The van der Waals surface area contributed by atoms with Crippen LogP contribution in [0.15, 0.2) is 32.0 Å². The molecule has 1 N–H and O–H groups in total. The monoisotopic (exact) mass is 291 g/mol. The number of carbonyl (C=O) groups is 1. The van der Waals surface area contributed by atoms with Gasteiger partial charge in [0.2, 0.25) is 5.91 Å². The first-order valence-corrected chi connectivity index (χ1v) is 5.30. The number of nitrogens with one attached hydrogen (secondary N) is 1. The number of furan rings is 1. The molecule has 7 nitrogen and oxygen atoms in total. The SMILES string of the molecule is O=C(Cn1nc(-c2ccco2)oc1=O)NCC(F)(F)F. The molecule has 0 spiro atoms. The summed E-state index contributed by atoms with van der Waals surface area (Å²) in [5.41, 5.74) is 0. The summed E-state index contributed by atoms with van der Waals surface area (Å²) in [4.78, 5) is 22.6. The molecular formula is C10H8F3N3O4. The average Bonchev–Trinajstić information content (AvgIpc) is 2.96. The molecule has 0 aromatic carbocycles. The number of hydrogen-bond acceptors (Lipinski definition) is 5. The van der Waals surface area contributed by atoms with Crippen LogP contribution in [0.4, 0.5) is 13.2 Å². The van der Waals surface area contributed by atoms with Crippen molar-refractivity contribution in [2.45, 2.75) is 12.7 Å². The zero-order valence-electron chi connectivity index (χ0n) is 9.81. The molecule has 10 heteroatoms. The number of aromatic nitrogens is 2. The van der Waals surface area contributed by atoms with E-state index in [4.69, 9.17) is 8.83 Å². The highest BCUT2D eigenvalue weighted by Gasteiger charge is 2.28. The van der Waals surface area contributed by atoms with Crippen molar-refractivity contribution >= 4 is 5.91 Å². The Morgan fingerprint density at radius 2 is 2.20 bits per heavy atom. The summed E-state index contributed by atoms with van der Waals surface area (Å²) >= 11 is 0. The van der Waals surface area contributed by atoms with Gasteiger partial charge in [0.15, 0.2) is 5.76 Å². The van der Waals surface area contributed by atoms with E-state index in [9.17, 15) is 22.8 Å². The van der Waals surface area contributed by atoms with Gasteiger partial charge in [0, 0.05) is 0 Å². The predicted molar refractivity (Wildman–Crippen MR) is 57.5 cm³/mol. The minimum atomic E-state index is -4.52. The normalized spacial score (nSPS) is 11.6. The number of alkyl halides is 3. The Balaban J connectivity index is 2.03. The van der Waals surface area contributed by atoms with Crippen LogP contribution in [0.25, 0.3) is 11.7 Å². The lowest BCUT2D eigenvalue weighted by atomic mass is 10.5. The Hall–Kier alpha value is -2.52. The number of carbonyl (C=O) groups excluding carboxylic acids is 1. The van der Waals surface area contributed by atoms with Crippen LogP contribution in [0.3, 0.4) is 0 Å². The van der Waals surface area contributed by atoms with E-state index in [1.54, 1.807) is 5.32 Å². The summed E-state index contributed by atoms with van der Waals surface area (Å²) in [5.74, 6) is -1.98. The lowest BCUT2D eigenvalue weighted by molar-refractivity contribution is -0.138. The molecule has 2 aromatic rings. The van der Waals surface area contributed by atoms with Gasteiger partial charge in [-0.25, -0.2) is 4.79 Å². The molecule has 0 aliphatic carbocycles. The molecule has 108 valence electrons. The van der Waals surface area contributed by atoms with Crippen LogP contribution >= 0.6 is 0 Å². The molecule has 2 heterocycles. The van der Waals surface area contributed by atoms with Crippen LogP contribution in [-0.2, 0) is 11.3 Å². The minimum absolute atomic E-state index is 0.163. The highest BCUT2D eigenvalue weighted by molar-refractivity contribution is 5.75. The Labute approximate surface area is 109 Å². The summed E-state index contributed by atoms with van der Waals surface area (Å²) in [6.45, 7) is -2.16. The summed E-state index contributed by atoms with van der Waals surface area (Å²) in [6.07, 6.45) is -3.20. The van der Waals surface area contributed by atoms with Crippen molar-refractivity contribution in [1.29, 1.82) is 0 Å². The van der Waals surface area contributed by atoms with Gasteiger partial charge < -0.3 is 14.2 Å². The van der Waals surface area contributed by atoms with E-state index >= 15 is 0 Å². The second kappa shape index (κ2) is 5.23. The van der Waals surface area contributed by atoms with Gasteiger partial charge in [-0.15, -0.1) is 5.10 Å². The molecule has 0 saturated heterocycles. The van der Waals surface area contributed by atoms with Crippen molar-refractivity contribution in [3.05, 3.63) is 28.9 Å². The molecule has 2 aromatic heterocycles. The van der Waals surface area contributed by atoms with Crippen LogP contribution in [0.2, 0.25) is 0 Å². The predicted octanol–water partition coefficient (Wildman–Crippen LogP) is 0.775. The average molecular weight is 291 g/mol. The first-order valence-electron chi connectivity index (χ1n) is 5.30. The summed E-state index contributed by atoms with van der Waals surface area (Å²) in [6, 6.07) is 3.00. The number of amides is 1. The highest BCUT2D eigenvalue weighted by atomic mass is 19.4. The van der Waals surface area contributed by atoms with Crippen molar-refractivity contribution in [3.8, 4) is 11.7 Å². The Morgan fingerprint density at radius 1 is 1.45 bits per heavy atom. The maximum Gasteiger partial charge on any atom is 0.437 e. The fraction of sp³-hybridized carbons (Fsp3) is 0.300. The quantitative estimate of drug-likeness (QED) is 0.898. The van der Waals surface area contributed by atoms with E-state index < -0.39 is 30.9 Å². The van der Waals surface area contributed by atoms with Gasteiger partial charge in [-0.2, -0.15) is 17.9 Å². The Bertz CT molecular complexity index is 641. The molecule has 1 amide bonds. The van der Waals surface area contributed by atoms with Crippen molar-refractivity contribution in [3.63, 3.8) is 0 Å². The van der Waals surface area contributed by atoms with E-state index in [2.05, 4.69) is 5.10 Å². The van der Waals surface area contributed by atoms with Gasteiger partial charge in [0.05, 0.1) is 6.26 Å². The van der Waals surface area contributed by atoms with E-state index in [-0.39, 0.29) is 11.7 Å². The van der Waals surface area contributed by atoms with Crippen LogP contribution < -0.4 is 11.1 Å². The van der Waals surface area contributed by atoms with Gasteiger partial charge in [-0.05, 0) is 12.1 Å². The van der Waals surface area contributed by atoms with E-state index in [1.807, 2.05) is 0 Å². The van der Waals surface area contributed by atoms with Crippen molar-refractivity contribution in [2.75, 3.05) is 6.54 Å². The van der Waals surface area contributed by atoms with Crippen LogP contribution in [0, 0.1) is 0 Å². The zero-order valence-corrected chi connectivity index (χ0v) is 9.81. The van der Waals surface area contributed by atoms with E-state index in [0.717, 1.165) is 0 Å². The first kappa shape index (κ1) is 13.9. The van der Waals surface area contributed by atoms with Gasteiger partial charge in [-0.1, -0.05) is 0 Å². The summed E-state index contributed by atoms with van der Waals surface area (Å²) < 4.78 is 45.9. The molecule has 0 atom stereocenters. The second-order valence-corrected chi connectivity index (χ2v) is 3.70. The number of hydrogen-bond donors (Lipinski definition) is 1. The van der Waals surface area contributed by atoms with Crippen LogP contribution in [0.1, 0.15) is 0 Å². The Morgan fingerprint density at radius 3 is 2.80 bits per heavy atom. The topological polar surface area (TPSA) is 90.3 Å². The van der Waals surface area contributed by atoms with E-state index in [1.165, 1.54) is 18.4 Å². The van der Waals surface area contributed by atoms with Crippen molar-refractivity contribution in [1.82, 2.24) is 15.1 Å². The molecule has 0 bridgehead atoms. The molecule has 0 aliphatic heterocycles. The number of halogens is 3. The summed E-state index contributed by atoms with van der Waals surface area (Å²) in [7, 11) is 0. The standard InChI is InChI=1S/C10H8F3N3O4/c11-10(12,13)5-14-7(17)4-16-9(18)20-8(15-16)6-2-1-3-19-6/h1-3H,4-5H2,(H,14,17). The number of rotatable bonds is 4. The maximum absolute atomic E-state index is 11.9. The molecule has 0 aliphatic rings. The molecular weight excluding hydrogens is 283 g/mol. The maximum atomic E-state index is 11.9. The fourth-order valence-corrected chi connectivity index (χ4v) is 1.30. The Kier molecular flexibility index (Phi) is 3.63. The molecule has 0 unspecified atom stereocenters. The summed E-state index contributed by atoms with van der Waals surface area (Å²) in [5, 5.41) is 5.25. The fourth-order valence-electron chi connectivity index (χ4n) is 1.30. The smallest absolute Gasteiger partial charge is 0.437 e. The number of nitrogens with zero attached hydrogens (tertiary/aromatic N) is 2. The molecule has 20 heavy (non-hydrogen) atoms. The van der Waals surface area contributed by atoms with Gasteiger partial charge >= 0.3 is 11.9 Å². The third kappa shape index (κ3) is 3.49. The van der Waals surface area contributed by atoms with Crippen molar-refractivity contribution < 1.29 is 26.8 Å². The first-order chi connectivity index (χ1) is 9.35. The third-order valence-corrected chi connectivity index (χ3v) is 2.12. The van der Waals surface area contributed by atoms with Crippen LogP contribution in [0.5, 0.6) is 0 Å². The molecule has 2 rings (SSSR count). The van der Waals surface area contributed by atoms with Gasteiger partial charge in [0.25, 0.3) is 5.89 Å². The lowest BCUT2D eigenvalue weighted by Crippen LogP contribution is -2.37. The van der Waals surface area contributed by atoms with Gasteiger partial charge in [-0.3, -0.25) is 4.79 Å². The van der Waals surface area contributed by atoms with Gasteiger partial charge in [0.1, 0.15) is 13.1 Å². The largest absolute Gasteiger partial charge is 0.459 e. The third-order valence-electron chi connectivity index (χ3n) is 2.12. The molecule has 0 saturated carbocycles. The molecule has 0 radical (unpaired) electrons. The second-order valence-electron chi connectivity index (χ2n) is 3.70.